The second kappa shape index (κ2) is 6.76. The highest BCUT2D eigenvalue weighted by atomic mass is 35.5. The van der Waals surface area contributed by atoms with Crippen molar-refractivity contribution in [3.05, 3.63) is 28.8 Å². The quantitative estimate of drug-likeness (QED) is 0.858. The number of carbonyl (C=O) groups is 2. The van der Waals surface area contributed by atoms with Crippen LogP contribution in [0.5, 0.6) is 5.75 Å². The van der Waals surface area contributed by atoms with Gasteiger partial charge in [-0.1, -0.05) is 18.0 Å². The normalized spacial score (nSPS) is 23.6. The average molecular weight is 377 g/mol. The number of amides is 2. The lowest BCUT2D eigenvalue weighted by molar-refractivity contribution is -0.129. The molecule has 1 spiro atoms. The molecule has 0 radical (unpaired) electrons. The second-order valence-electron chi connectivity index (χ2n) is 7.99. The summed E-state index contributed by atoms with van der Waals surface area (Å²) in [5.41, 5.74) is 0.466. The molecule has 1 saturated heterocycles. The Morgan fingerprint density at radius 3 is 2.73 bits per heavy atom. The molecule has 2 saturated carbocycles. The minimum Gasteiger partial charge on any atom is -0.496 e. The Morgan fingerprint density at radius 1 is 1.35 bits per heavy atom. The molecule has 1 aliphatic heterocycles. The van der Waals surface area contributed by atoms with Crippen molar-refractivity contribution >= 4 is 23.4 Å². The molecule has 1 atom stereocenters. The fourth-order valence-electron chi connectivity index (χ4n) is 4.32. The number of rotatable bonds is 5. The summed E-state index contributed by atoms with van der Waals surface area (Å²) >= 11 is 6.01. The second-order valence-corrected chi connectivity index (χ2v) is 8.42. The summed E-state index contributed by atoms with van der Waals surface area (Å²) in [5, 5.41) is 3.65. The Hall–Kier alpha value is -1.75. The van der Waals surface area contributed by atoms with Crippen LogP contribution in [0.4, 0.5) is 0 Å². The third-order valence-corrected chi connectivity index (χ3v) is 6.49. The highest BCUT2D eigenvalue weighted by molar-refractivity contribution is 6.30. The monoisotopic (exact) mass is 376 g/mol. The molecule has 6 heteroatoms. The van der Waals surface area contributed by atoms with Crippen LogP contribution < -0.4 is 10.1 Å². The van der Waals surface area contributed by atoms with Gasteiger partial charge in [-0.3, -0.25) is 9.59 Å². The highest BCUT2D eigenvalue weighted by Gasteiger charge is 2.54. The van der Waals surface area contributed by atoms with Gasteiger partial charge in [-0.05, 0) is 49.8 Å². The number of hydrogen-bond donors (Lipinski definition) is 1. The van der Waals surface area contributed by atoms with Crippen LogP contribution in [0.3, 0.4) is 0 Å². The van der Waals surface area contributed by atoms with Crippen LogP contribution in [0, 0.1) is 17.3 Å². The molecule has 1 aromatic carbocycles. The summed E-state index contributed by atoms with van der Waals surface area (Å²) in [6.45, 7) is 1.92. The predicted molar refractivity (Wildman–Crippen MR) is 99.4 cm³/mol. The van der Waals surface area contributed by atoms with Crippen molar-refractivity contribution in [1.82, 2.24) is 10.2 Å². The maximum Gasteiger partial charge on any atom is 0.257 e. The fraction of sp³-hybridized carbons (Fsp3) is 0.600. The van der Waals surface area contributed by atoms with Crippen LogP contribution in [0.15, 0.2) is 18.2 Å². The van der Waals surface area contributed by atoms with Gasteiger partial charge in [0.25, 0.3) is 5.91 Å². The molecule has 1 aromatic rings. The lowest BCUT2D eigenvalue weighted by atomic mass is 9.62. The maximum atomic E-state index is 13.1. The van der Waals surface area contributed by atoms with E-state index in [1.54, 1.807) is 18.2 Å². The number of ether oxygens (including phenoxy) is 1. The third-order valence-electron chi connectivity index (χ3n) is 6.26. The molecular weight excluding hydrogens is 352 g/mol. The van der Waals surface area contributed by atoms with E-state index in [-0.39, 0.29) is 23.1 Å². The highest BCUT2D eigenvalue weighted by Crippen LogP contribution is 2.52. The van der Waals surface area contributed by atoms with Crippen molar-refractivity contribution < 1.29 is 14.3 Å². The predicted octanol–water partition coefficient (Wildman–Crippen LogP) is 3.12. The number of hydrogen-bond acceptors (Lipinski definition) is 3. The Bertz CT molecular complexity index is 728. The summed E-state index contributed by atoms with van der Waals surface area (Å²) in [6.07, 6.45) is 5.62. The molecule has 3 fully saturated rings. The van der Waals surface area contributed by atoms with E-state index in [2.05, 4.69) is 5.32 Å². The number of methoxy groups -OCH3 is 1. The van der Waals surface area contributed by atoms with Crippen LogP contribution in [-0.2, 0) is 4.79 Å². The van der Waals surface area contributed by atoms with E-state index in [4.69, 9.17) is 16.3 Å². The standard InChI is InChI=1S/C20H25ClN2O3/c1-26-17-9-14(21)5-6-15(17)19(25)23-11-16(20(12-23)7-2-8-20)18(24)22-10-13-3-4-13/h5-6,9,13,16H,2-4,7-8,10-12H2,1H3,(H,22,24). The summed E-state index contributed by atoms with van der Waals surface area (Å²) in [7, 11) is 1.54. The van der Waals surface area contributed by atoms with Crippen LogP contribution in [-0.4, -0.2) is 43.5 Å². The van der Waals surface area contributed by atoms with E-state index in [9.17, 15) is 9.59 Å². The number of nitrogens with zero attached hydrogens (tertiary/aromatic N) is 1. The van der Waals surface area contributed by atoms with Crippen molar-refractivity contribution in [3.63, 3.8) is 0 Å². The lowest BCUT2D eigenvalue weighted by Gasteiger charge is -2.41. The van der Waals surface area contributed by atoms with E-state index >= 15 is 0 Å². The summed E-state index contributed by atoms with van der Waals surface area (Å²) in [5.74, 6) is 1.08. The zero-order valence-corrected chi connectivity index (χ0v) is 15.8. The zero-order valence-electron chi connectivity index (χ0n) is 15.1. The van der Waals surface area contributed by atoms with Gasteiger partial charge in [0.1, 0.15) is 5.75 Å². The van der Waals surface area contributed by atoms with Crippen molar-refractivity contribution in [3.8, 4) is 5.75 Å². The zero-order chi connectivity index (χ0) is 18.3. The smallest absolute Gasteiger partial charge is 0.257 e. The fourth-order valence-corrected chi connectivity index (χ4v) is 4.49. The molecule has 5 nitrogen and oxygen atoms in total. The first-order valence-corrected chi connectivity index (χ1v) is 9.81. The molecule has 0 aromatic heterocycles. The molecule has 4 rings (SSSR count). The van der Waals surface area contributed by atoms with Crippen LogP contribution >= 0.6 is 11.6 Å². The first-order chi connectivity index (χ1) is 12.5. The van der Waals surface area contributed by atoms with Crippen LogP contribution in [0.25, 0.3) is 0 Å². The molecule has 1 unspecified atom stereocenters. The first kappa shape index (κ1) is 17.7. The molecule has 1 heterocycles. The maximum absolute atomic E-state index is 13.1. The molecule has 2 amide bonds. The van der Waals surface area contributed by atoms with Crippen molar-refractivity contribution in [2.45, 2.75) is 32.1 Å². The molecule has 0 bridgehead atoms. The van der Waals surface area contributed by atoms with Crippen LogP contribution in [0.2, 0.25) is 5.02 Å². The molecule has 1 N–H and O–H groups in total. The van der Waals surface area contributed by atoms with Crippen molar-refractivity contribution in [2.75, 3.05) is 26.7 Å². The van der Waals surface area contributed by atoms with E-state index in [0.29, 0.717) is 35.3 Å². The molecule has 3 aliphatic rings. The van der Waals surface area contributed by atoms with Crippen molar-refractivity contribution in [1.29, 1.82) is 0 Å². The molecule has 140 valence electrons. The van der Waals surface area contributed by atoms with Gasteiger partial charge in [0.2, 0.25) is 5.91 Å². The van der Waals surface area contributed by atoms with Gasteiger partial charge >= 0.3 is 0 Å². The molecule has 2 aliphatic carbocycles. The Morgan fingerprint density at radius 2 is 2.12 bits per heavy atom. The topological polar surface area (TPSA) is 58.6 Å². The van der Waals surface area contributed by atoms with E-state index < -0.39 is 0 Å². The van der Waals surface area contributed by atoms with Gasteiger partial charge in [-0.15, -0.1) is 0 Å². The Balaban J connectivity index is 1.51. The number of carbonyl (C=O) groups excluding carboxylic acids is 2. The number of likely N-dealkylation sites (tertiary alicyclic amines) is 1. The van der Waals surface area contributed by atoms with Gasteiger partial charge in [0, 0.05) is 30.1 Å². The number of benzene rings is 1. The van der Waals surface area contributed by atoms with Gasteiger partial charge in [-0.2, -0.15) is 0 Å². The largest absolute Gasteiger partial charge is 0.496 e. The minimum absolute atomic E-state index is 0.0387. The van der Waals surface area contributed by atoms with Gasteiger partial charge in [-0.25, -0.2) is 0 Å². The van der Waals surface area contributed by atoms with Gasteiger partial charge in [0.15, 0.2) is 0 Å². The first-order valence-electron chi connectivity index (χ1n) is 9.43. The molecule has 26 heavy (non-hydrogen) atoms. The Labute approximate surface area is 159 Å². The van der Waals surface area contributed by atoms with E-state index in [1.807, 2.05) is 4.90 Å². The average Bonchev–Trinajstić information content (AvgIpc) is 3.34. The van der Waals surface area contributed by atoms with E-state index in [1.165, 1.54) is 20.0 Å². The SMILES string of the molecule is COc1cc(Cl)ccc1C(=O)N1CC(C(=O)NCC2CC2)C2(CCC2)C1. The van der Waals surface area contributed by atoms with Gasteiger partial charge < -0.3 is 15.0 Å². The third kappa shape index (κ3) is 3.18. The summed E-state index contributed by atoms with van der Waals surface area (Å²) < 4.78 is 5.33. The van der Waals surface area contributed by atoms with Gasteiger partial charge in [0.05, 0.1) is 18.6 Å². The number of halogens is 1. The van der Waals surface area contributed by atoms with E-state index in [0.717, 1.165) is 25.8 Å². The Kier molecular flexibility index (Phi) is 4.59. The molecular formula is C20H25ClN2O3. The van der Waals surface area contributed by atoms with Crippen LogP contribution in [0.1, 0.15) is 42.5 Å². The number of nitrogens with one attached hydrogen (secondary N) is 1. The summed E-state index contributed by atoms with van der Waals surface area (Å²) in [6, 6.07) is 5.06. The lowest BCUT2D eigenvalue weighted by Crippen LogP contribution is -2.45. The minimum atomic E-state index is -0.0998. The van der Waals surface area contributed by atoms with Crippen molar-refractivity contribution in [2.24, 2.45) is 17.3 Å². The summed E-state index contributed by atoms with van der Waals surface area (Å²) in [4.78, 5) is 27.7.